The fourth-order valence-corrected chi connectivity index (χ4v) is 2.15. The van der Waals surface area contributed by atoms with Gasteiger partial charge in [0, 0.05) is 22.7 Å². The molecule has 3 aromatic rings. The second-order valence-corrected chi connectivity index (χ2v) is 4.29. The summed E-state index contributed by atoms with van der Waals surface area (Å²) in [4.78, 5) is 13.9. The third kappa shape index (κ3) is 1.85. The molecule has 0 unspecified atom stereocenters. The maximum Gasteiger partial charge on any atom is 0.356 e. The van der Waals surface area contributed by atoms with E-state index < -0.39 is 5.97 Å². The number of hydrogen-bond donors (Lipinski definition) is 2. The van der Waals surface area contributed by atoms with Crippen molar-refractivity contribution in [2.24, 2.45) is 0 Å². The summed E-state index contributed by atoms with van der Waals surface area (Å²) in [5.74, 6) is -1.07. The Morgan fingerprint density at radius 2 is 2.00 bits per heavy atom. The summed E-state index contributed by atoms with van der Waals surface area (Å²) in [6, 6.07) is 9.08. The summed E-state index contributed by atoms with van der Waals surface area (Å²) in [6.07, 6.45) is 1.89. The minimum Gasteiger partial charge on any atom is -0.476 e. The quantitative estimate of drug-likeness (QED) is 0.735. The number of aryl methyl sites for hydroxylation is 1. The highest BCUT2D eigenvalue weighted by Gasteiger charge is 2.10. The van der Waals surface area contributed by atoms with E-state index in [0.717, 1.165) is 22.0 Å². The molecule has 3 rings (SSSR count). The average molecular weight is 253 g/mol. The number of aromatic nitrogens is 3. The number of benzene rings is 1. The van der Waals surface area contributed by atoms with Crippen molar-refractivity contribution in [1.82, 2.24) is 15.2 Å². The van der Waals surface area contributed by atoms with E-state index in [1.807, 2.05) is 31.3 Å². The van der Waals surface area contributed by atoms with Gasteiger partial charge in [-0.2, -0.15) is 0 Å². The molecule has 0 amide bonds. The molecule has 0 saturated carbocycles. The zero-order valence-corrected chi connectivity index (χ0v) is 10.2. The summed E-state index contributed by atoms with van der Waals surface area (Å²) in [5.41, 5.74) is 3.73. The molecule has 5 nitrogen and oxygen atoms in total. The first-order chi connectivity index (χ1) is 9.16. The summed E-state index contributed by atoms with van der Waals surface area (Å²) in [6.45, 7) is 2.01. The molecule has 0 aliphatic rings. The third-order valence-corrected chi connectivity index (χ3v) is 3.16. The Morgan fingerprint density at radius 3 is 2.68 bits per heavy atom. The Labute approximate surface area is 108 Å². The number of H-pyrrole nitrogens is 1. The number of rotatable bonds is 2. The van der Waals surface area contributed by atoms with E-state index in [4.69, 9.17) is 5.11 Å². The molecule has 0 aliphatic carbocycles. The minimum atomic E-state index is -1.07. The number of aromatic amines is 1. The summed E-state index contributed by atoms with van der Waals surface area (Å²) in [5, 5.41) is 17.6. The van der Waals surface area contributed by atoms with Gasteiger partial charge in [0.15, 0.2) is 5.69 Å². The van der Waals surface area contributed by atoms with Crippen molar-refractivity contribution in [3.05, 3.63) is 47.8 Å². The number of fused-ring (bicyclic) bond motifs is 1. The van der Waals surface area contributed by atoms with Crippen LogP contribution in [0.25, 0.3) is 22.2 Å². The van der Waals surface area contributed by atoms with Crippen LogP contribution >= 0.6 is 0 Å². The Hall–Kier alpha value is -2.69. The number of carboxylic acids is 1. The normalized spacial score (nSPS) is 10.8. The molecule has 0 aliphatic heterocycles. The van der Waals surface area contributed by atoms with E-state index in [1.165, 1.54) is 6.07 Å². The van der Waals surface area contributed by atoms with Crippen LogP contribution in [0, 0.1) is 6.92 Å². The maximum atomic E-state index is 10.7. The second kappa shape index (κ2) is 4.20. The van der Waals surface area contributed by atoms with E-state index in [-0.39, 0.29) is 5.69 Å². The van der Waals surface area contributed by atoms with E-state index >= 15 is 0 Å². The predicted octanol–water partition coefficient (Wildman–Crippen LogP) is 2.63. The second-order valence-electron chi connectivity index (χ2n) is 4.29. The SMILES string of the molecule is Cc1c(-c2ccc(C(=O)O)nn2)ccc2[nH]ccc12. The van der Waals surface area contributed by atoms with Crippen LogP contribution in [0.3, 0.4) is 0 Å². The molecule has 0 spiro atoms. The van der Waals surface area contributed by atoms with Gasteiger partial charge in [0.25, 0.3) is 0 Å². The van der Waals surface area contributed by atoms with Crippen LogP contribution < -0.4 is 0 Å². The fourth-order valence-electron chi connectivity index (χ4n) is 2.15. The molecule has 1 aromatic carbocycles. The Bertz CT molecular complexity index is 760. The van der Waals surface area contributed by atoms with Gasteiger partial charge in [-0.25, -0.2) is 4.79 Å². The molecule has 2 N–H and O–H groups in total. The van der Waals surface area contributed by atoms with Gasteiger partial charge in [-0.15, -0.1) is 10.2 Å². The maximum absolute atomic E-state index is 10.7. The van der Waals surface area contributed by atoms with E-state index in [0.29, 0.717) is 5.69 Å². The minimum absolute atomic E-state index is 0.0517. The Kier molecular flexibility index (Phi) is 2.52. The van der Waals surface area contributed by atoms with E-state index in [2.05, 4.69) is 15.2 Å². The largest absolute Gasteiger partial charge is 0.476 e. The van der Waals surface area contributed by atoms with Crippen molar-refractivity contribution < 1.29 is 9.90 Å². The van der Waals surface area contributed by atoms with Crippen molar-refractivity contribution in [2.75, 3.05) is 0 Å². The topological polar surface area (TPSA) is 78.9 Å². The average Bonchev–Trinajstić information content (AvgIpc) is 2.88. The van der Waals surface area contributed by atoms with Gasteiger partial charge in [0.05, 0.1) is 5.69 Å². The van der Waals surface area contributed by atoms with Crippen LogP contribution in [-0.2, 0) is 0 Å². The van der Waals surface area contributed by atoms with Crippen molar-refractivity contribution >= 4 is 16.9 Å². The summed E-state index contributed by atoms with van der Waals surface area (Å²) < 4.78 is 0. The first-order valence-electron chi connectivity index (χ1n) is 5.81. The molecule has 0 bridgehead atoms. The number of carboxylic acid groups (broad SMARTS) is 1. The number of nitrogens with zero attached hydrogens (tertiary/aromatic N) is 2. The Balaban J connectivity index is 2.13. The van der Waals surface area contributed by atoms with Gasteiger partial charge in [0.2, 0.25) is 0 Å². The number of hydrogen-bond acceptors (Lipinski definition) is 3. The molecular weight excluding hydrogens is 242 g/mol. The first-order valence-corrected chi connectivity index (χ1v) is 5.81. The van der Waals surface area contributed by atoms with Gasteiger partial charge in [0.1, 0.15) is 0 Å². The van der Waals surface area contributed by atoms with Crippen molar-refractivity contribution in [3.63, 3.8) is 0 Å². The molecule has 2 heterocycles. The van der Waals surface area contributed by atoms with Crippen molar-refractivity contribution in [3.8, 4) is 11.3 Å². The van der Waals surface area contributed by atoms with Gasteiger partial charge in [-0.3, -0.25) is 0 Å². The highest BCUT2D eigenvalue weighted by atomic mass is 16.4. The van der Waals surface area contributed by atoms with E-state index in [1.54, 1.807) is 6.07 Å². The molecule has 0 atom stereocenters. The molecule has 0 fully saturated rings. The summed E-state index contributed by atoms with van der Waals surface area (Å²) in [7, 11) is 0. The van der Waals surface area contributed by atoms with Crippen LogP contribution in [0.4, 0.5) is 0 Å². The van der Waals surface area contributed by atoms with Gasteiger partial charge < -0.3 is 10.1 Å². The van der Waals surface area contributed by atoms with Gasteiger partial charge >= 0.3 is 5.97 Å². The zero-order chi connectivity index (χ0) is 13.4. The fraction of sp³-hybridized carbons (Fsp3) is 0.0714. The molecule has 2 aromatic heterocycles. The van der Waals surface area contributed by atoms with Gasteiger partial charge in [-0.05, 0) is 36.8 Å². The molecule has 0 saturated heterocycles. The molecule has 0 radical (unpaired) electrons. The highest BCUT2D eigenvalue weighted by Crippen LogP contribution is 2.27. The van der Waals surface area contributed by atoms with Crippen molar-refractivity contribution in [1.29, 1.82) is 0 Å². The lowest BCUT2D eigenvalue weighted by atomic mass is 10.0. The number of carbonyl (C=O) groups is 1. The van der Waals surface area contributed by atoms with Crippen LogP contribution in [0.15, 0.2) is 36.5 Å². The molecular formula is C14H11N3O2. The van der Waals surface area contributed by atoms with Crippen molar-refractivity contribution in [2.45, 2.75) is 6.92 Å². The summed E-state index contributed by atoms with van der Waals surface area (Å²) >= 11 is 0. The van der Waals surface area contributed by atoms with Crippen LogP contribution in [0.5, 0.6) is 0 Å². The lowest BCUT2D eigenvalue weighted by Gasteiger charge is -2.06. The van der Waals surface area contributed by atoms with Gasteiger partial charge in [-0.1, -0.05) is 6.07 Å². The standard InChI is InChI=1S/C14H11N3O2/c1-8-9(2-3-11-10(8)6-7-15-11)12-4-5-13(14(18)19)17-16-12/h2-7,15H,1H3,(H,18,19). The molecule has 94 valence electrons. The number of nitrogens with one attached hydrogen (secondary N) is 1. The zero-order valence-electron chi connectivity index (χ0n) is 10.2. The first kappa shape index (κ1) is 11.4. The van der Waals surface area contributed by atoms with Crippen LogP contribution in [0.2, 0.25) is 0 Å². The smallest absolute Gasteiger partial charge is 0.356 e. The van der Waals surface area contributed by atoms with Crippen LogP contribution in [0.1, 0.15) is 16.1 Å². The van der Waals surface area contributed by atoms with Crippen LogP contribution in [-0.4, -0.2) is 26.3 Å². The highest BCUT2D eigenvalue weighted by molar-refractivity contribution is 5.89. The predicted molar refractivity (Wildman–Crippen MR) is 71.0 cm³/mol. The lowest BCUT2D eigenvalue weighted by Crippen LogP contribution is -2.02. The molecule has 5 heteroatoms. The third-order valence-electron chi connectivity index (χ3n) is 3.16. The number of aromatic carboxylic acids is 1. The Morgan fingerprint density at radius 1 is 1.16 bits per heavy atom. The lowest BCUT2D eigenvalue weighted by molar-refractivity contribution is 0.0689. The monoisotopic (exact) mass is 253 g/mol. The molecule has 19 heavy (non-hydrogen) atoms. The van der Waals surface area contributed by atoms with E-state index in [9.17, 15) is 4.79 Å².